The number of methoxy groups -OCH3 is 1. The molecule has 5 N–H and O–H groups in total. The van der Waals surface area contributed by atoms with Crippen LogP contribution < -0.4 is 21.5 Å². The van der Waals surface area contributed by atoms with Crippen LogP contribution in [0.25, 0.3) is 0 Å². The number of nitrogens with one attached hydrogen (secondary N) is 1. The van der Waals surface area contributed by atoms with E-state index < -0.39 is 6.04 Å². The predicted molar refractivity (Wildman–Crippen MR) is 98.0 cm³/mol. The molecule has 0 aliphatic rings. The Morgan fingerprint density at radius 3 is 2.67 bits per heavy atom. The van der Waals surface area contributed by atoms with Crippen molar-refractivity contribution < 1.29 is 9.53 Å². The molecule has 2 aromatic rings. The molecule has 24 heavy (non-hydrogen) atoms. The monoisotopic (exact) mass is 347 g/mol. The Labute approximate surface area is 145 Å². The third-order valence-electron chi connectivity index (χ3n) is 3.32. The number of Topliss-reactive ketones (excluding diaryl/α,β-unsaturated/α-hetero) is 1. The number of rotatable bonds is 8. The van der Waals surface area contributed by atoms with E-state index in [-0.39, 0.29) is 23.2 Å². The van der Waals surface area contributed by atoms with E-state index in [1.165, 1.54) is 7.11 Å². The second kappa shape index (κ2) is 8.51. The lowest BCUT2D eigenvalue weighted by Crippen LogP contribution is -2.32. The Morgan fingerprint density at radius 1 is 1.33 bits per heavy atom. The second-order valence-corrected chi connectivity index (χ2v) is 6.04. The van der Waals surface area contributed by atoms with Crippen LogP contribution in [0.2, 0.25) is 0 Å². The number of nitrogens with zero attached hydrogens (tertiary/aromatic N) is 2. The fourth-order valence-electron chi connectivity index (χ4n) is 2.06. The highest BCUT2D eigenvalue weighted by Gasteiger charge is 2.22. The molecule has 8 heteroatoms. The molecule has 0 bridgehead atoms. The van der Waals surface area contributed by atoms with Crippen molar-refractivity contribution >= 4 is 34.9 Å². The summed E-state index contributed by atoms with van der Waals surface area (Å²) in [4.78, 5) is 20.7. The predicted octanol–water partition coefficient (Wildman–Crippen LogP) is 2.07. The van der Waals surface area contributed by atoms with Crippen LogP contribution in [0.3, 0.4) is 0 Å². The highest BCUT2D eigenvalue weighted by Crippen LogP contribution is 2.30. The summed E-state index contributed by atoms with van der Waals surface area (Å²) in [5.41, 5.74) is 12.6. The molecule has 7 nitrogen and oxygen atoms in total. The number of aromatic nitrogens is 2. The fraction of sp³-hybridized carbons (Fsp3) is 0.312. The van der Waals surface area contributed by atoms with Gasteiger partial charge in [0.15, 0.2) is 11.6 Å². The molecule has 0 saturated heterocycles. The van der Waals surface area contributed by atoms with Gasteiger partial charge in [0.1, 0.15) is 0 Å². The first-order chi connectivity index (χ1) is 11.6. The first kappa shape index (κ1) is 18.0. The normalized spacial score (nSPS) is 11.8. The Hall–Kier alpha value is -2.32. The van der Waals surface area contributed by atoms with Crippen LogP contribution in [0, 0.1) is 0 Å². The number of hydrogen-bond donors (Lipinski definition) is 3. The smallest absolute Gasteiger partial charge is 0.216 e. The number of nitrogens with two attached hydrogens (primary N) is 2. The Balaban J connectivity index is 2.32. The third-order valence-corrected chi connectivity index (χ3v) is 3.97. The molecule has 1 aromatic carbocycles. The zero-order chi connectivity index (χ0) is 17.5. The van der Waals surface area contributed by atoms with E-state index in [9.17, 15) is 4.79 Å². The van der Waals surface area contributed by atoms with Gasteiger partial charge in [0.2, 0.25) is 17.4 Å². The van der Waals surface area contributed by atoms with Gasteiger partial charge >= 0.3 is 0 Å². The van der Waals surface area contributed by atoms with Crippen LogP contribution in [0.4, 0.5) is 17.3 Å². The summed E-state index contributed by atoms with van der Waals surface area (Å²) < 4.78 is 5.25. The van der Waals surface area contributed by atoms with Crippen molar-refractivity contribution in [3.8, 4) is 5.75 Å². The lowest BCUT2D eigenvalue weighted by molar-refractivity contribution is 0.0949. The van der Waals surface area contributed by atoms with E-state index in [1.54, 1.807) is 11.8 Å². The first-order valence-electron chi connectivity index (χ1n) is 7.39. The Bertz CT molecular complexity index is 696. The number of benzene rings is 1. The van der Waals surface area contributed by atoms with Gasteiger partial charge in [0, 0.05) is 5.69 Å². The molecule has 0 fully saturated rings. The van der Waals surface area contributed by atoms with Crippen LogP contribution in [-0.2, 0) is 0 Å². The lowest BCUT2D eigenvalue weighted by Gasteiger charge is -2.14. The maximum Gasteiger partial charge on any atom is 0.216 e. The van der Waals surface area contributed by atoms with Crippen LogP contribution in [-0.4, -0.2) is 40.9 Å². The molecule has 0 aliphatic carbocycles. The SMILES string of the molecule is COc1c(N)nc(C(=O)C(N)CCSC)nc1Nc1ccccc1. The van der Waals surface area contributed by atoms with E-state index in [0.717, 1.165) is 11.4 Å². The molecule has 0 aliphatic heterocycles. The molecule has 1 heterocycles. The maximum absolute atomic E-state index is 12.4. The van der Waals surface area contributed by atoms with Crippen molar-refractivity contribution in [2.45, 2.75) is 12.5 Å². The highest BCUT2D eigenvalue weighted by atomic mass is 32.2. The quantitative estimate of drug-likeness (QED) is 0.622. The van der Waals surface area contributed by atoms with Crippen molar-refractivity contribution in [1.29, 1.82) is 0 Å². The number of para-hydroxylation sites is 1. The molecule has 0 spiro atoms. The molecular formula is C16H21N5O2S. The zero-order valence-corrected chi connectivity index (χ0v) is 14.5. The summed E-state index contributed by atoms with van der Waals surface area (Å²) in [5.74, 6) is 1.14. The summed E-state index contributed by atoms with van der Waals surface area (Å²) in [6, 6.07) is 8.73. The van der Waals surface area contributed by atoms with Crippen molar-refractivity contribution in [2.75, 3.05) is 30.2 Å². The molecule has 0 saturated carbocycles. The van der Waals surface area contributed by atoms with Gasteiger partial charge in [-0.15, -0.1) is 0 Å². The van der Waals surface area contributed by atoms with Gasteiger partial charge in [0.05, 0.1) is 13.2 Å². The van der Waals surface area contributed by atoms with Crippen LogP contribution in [0.5, 0.6) is 5.75 Å². The van der Waals surface area contributed by atoms with Crippen LogP contribution in [0.1, 0.15) is 17.0 Å². The standard InChI is InChI=1S/C16H21N5O2S/c1-23-13-14(18)20-15(12(22)11(17)8-9-24-2)21-16(13)19-10-6-4-3-5-7-10/h3-7,11H,8-9,17H2,1-2H3,(H3,18,19,20,21). The molecule has 1 atom stereocenters. The number of anilines is 3. The molecule has 0 radical (unpaired) electrons. The number of hydrogen-bond acceptors (Lipinski definition) is 8. The average Bonchev–Trinajstić information content (AvgIpc) is 2.59. The number of carbonyl (C=O) groups excluding carboxylic acids is 1. The van der Waals surface area contributed by atoms with Gasteiger partial charge in [-0.25, -0.2) is 9.97 Å². The van der Waals surface area contributed by atoms with E-state index >= 15 is 0 Å². The number of thioether (sulfide) groups is 1. The molecule has 0 amide bonds. The minimum Gasteiger partial charge on any atom is -0.490 e. The third kappa shape index (κ3) is 4.36. The van der Waals surface area contributed by atoms with Crippen molar-refractivity contribution in [1.82, 2.24) is 9.97 Å². The summed E-state index contributed by atoms with van der Waals surface area (Å²) in [5, 5.41) is 3.09. The van der Waals surface area contributed by atoms with Crippen molar-refractivity contribution in [3.63, 3.8) is 0 Å². The minimum absolute atomic E-state index is 0.0136. The number of nitrogen functional groups attached to an aromatic ring is 1. The maximum atomic E-state index is 12.4. The topological polar surface area (TPSA) is 116 Å². The first-order valence-corrected chi connectivity index (χ1v) is 8.78. The molecule has 2 rings (SSSR count). The number of ketones is 1. The lowest BCUT2D eigenvalue weighted by atomic mass is 10.1. The fourth-order valence-corrected chi connectivity index (χ4v) is 2.55. The molecule has 1 unspecified atom stereocenters. The minimum atomic E-state index is -0.658. The van der Waals surface area contributed by atoms with Crippen LogP contribution in [0.15, 0.2) is 30.3 Å². The second-order valence-electron chi connectivity index (χ2n) is 5.06. The summed E-state index contributed by atoms with van der Waals surface area (Å²) >= 11 is 1.63. The van der Waals surface area contributed by atoms with Gasteiger partial charge < -0.3 is 21.5 Å². The Morgan fingerprint density at radius 2 is 2.04 bits per heavy atom. The molecule has 128 valence electrons. The van der Waals surface area contributed by atoms with Gasteiger partial charge in [-0.3, -0.25) is 4.79 Å². The number of ether oxygens (including phenoxy) is 1. The van der Waals surface area contributed by atoms with Gasteiger partial charge in [-0.1, -0.05) is 18.2 Å². The van der Waals surface area contributed by atoms with E-state index in [0.29, 0.717) is 12.2 Å². The summed E-state index contributed by atoms with van der Waals surface area (Å²) in [6.45, 7) is 0. The van der Waals surface area contributed by atoms with Crippen molar-refractivity contribution in [3.05, 3.63) is 36.2 Å². The van der Waals surface area contributed by atoms with Gasteiger partial charge in [0.25, 0.3) is 0 Å². The molecular weight excluding hydrogens is 326 g/mol. The largest absolute Gasteiger partial charge is 0.490 e. The van der Waals surface area contributed by atoms with E-state index in [2.05, 4.69) is 15.3 Å². The summed E-state index contributed by atoms with van der Waals surface area (Å²) in [6.07, 6.45) is 2.51. The zero-order valence-electron chi connectivity index (χ0n) is 13.7. The highest BCUT2D eigenvalue weighted by molar-refractivity contribution is 7.98. The van der Waals surface area contributed by atoms with E-state index in [1.807, 2.05) is 36.6 Å². The van der Waals surface area contributed by atoms with Gasteiger partial charge in [-0.05, 0) is 30.6 Å². The van der Waals surface area contributed by atoms with Crippen molar-refractivity contribution in [2.24, 2.45) is 5.73 Å². The Kier molecular flexibility index (Phi) is 6.39. The molecule has 1 aromatic heterocycles. The van der Waals surface area contributed by atoms with Gasteiger partial charge in [-0.2, -0.15) is 11.8 Å². The van der Waals surface area contributed by atoms with Crippen LogP contribution >= 0.6 is 11.8 Å². The van der Waals surface area contributed by atoms with E-state index in [4.69, 9.17) is 16.2 Å². The number of carbonyl (C=O) groups is 1. The average molecular weight is 347 g/mol. The summed E-state index contributed by atoms with van der Waals surface area (Å²) in [7, 11) is 1.47.